The van der Waals surface area contributed by atoms with Crippen LogP contribution in [0, 0.1) is 11.6 Å². The second kappa shape index (κ2) is 6.58. The highest BCUT2D eigenvalue weighted by atomic mass is 32.2. The Kier molecular flexibility index (Phi) is 4.80. The van der Waals surface area contributed by atoms with Crippen LogP contribution in [0.15, 0.2) is 42.5 Å². The number of halogens is 2. The third kappa shape index (κ3) is 4.19. The monoisotopic (exact) mass is 309 g/mol. The lowest BCUT2D eigenvalue weighted by molar-refractivity contribution is -0.115. The maximum Gasteiger partial charge on any atom is 0.230 e. The van der Waals surface area contributed by atoms with Crippen LogP contribution in [0.25, 0.3) is 11.1 Å². The molecule has 0 saturated carbocycles. The molecule has 0 bridgehead atoms. The molecule has 110 valence electrons. The number of hydrogen-bond donors (Lipinski definition) is 1. The van der Waals surface area contributed by atoms with E-state index < -0.39 is 28.3 Å². The van der Waals surface area contributed by atoms with Gasteiger partial charge in [0.05, 0.1) is 0 Å². The van der Waals surface area contributed by atoms with E-state index in [2.05, 4.69) is 0 Å². The lowest BCUT2D eigenvalue weighted by Crippen LogP contribution is -2.20. The van der Waals surface area contributed by atoms with E-state index in [1.165, 1.54) is 6.07 Å². The number of carbonyl (C=O) groups excluding carboxylic acids is 1. The third-order valence-electron chi connectivity index (χ3n) is 2.84. The van der Waals surface area contributed by atoms with Crippen molar-refractivity contribution in [1.29, 1.82) is 0 Å². The zero-order valence-corrected chi connectivity index (χ0v) is 11.8. The fraction of sp³-hybridized carbons (Fsp3) is 0.133. The van der Waals surface area contributed by atoms with Crippen LogP contribution in [0.3, 0.4) is 0 Å². The van der Waals surface area contributed by atoms with Crippen molar-refractivity contribution in [3.05, 3.63) is 59.7 Å². The molecule has 2 aromatic carbocycles. The molecule has 0 spiro atoms. The van der Waals surface area contributed by atoms with Gasteiger partial charge in [-0.1, -0.05) is 30.3 Å². The molecule has 1 amide bonds. The number of primary amides is 1. The second-order valence-electron chi connectivity index (χ2n) is 4.52. The summed E-state index contributed by atoms with van der Waals surface area (Å²) in [7, 11) is -1.34. The summed E-state index contributed by atoms with van der Waals surface area (Å²) in [6, 6.07) is 10.6. The molecule has 0 aliphatic heterocycles. The molecule has 21 heavy (non-hydrogen) atoms. The first kappa shape index (κ1) is 15.3. The predicted octanol–water partition coefficient (Wildman–Crippen LogP) is 2.37. The molecule has 3 nitrogen and oxygen atoms in total. The minimum atomic E-state index is -1.34. The van der Waals surface area contributed by atoms with Crippen LogP contribution in [0.1, 0.15) is 5.56 Å². The van der Waals surface area contributed by atoms with Gasteiger partial charge < -0.3 is 5.73 Å². The lowest BCUT2D eigenvalue weighted by atomic mass is 10.0. The van der Waals surface area contributed by atoms with E-state index in [1.807, 2.05) is 0 Å². The van der Waals surface area contributed by atoms with Crippen LogP contribution in [0.5, 0.6) is 0 Å². The first-order chi connectivity index (χ1) is 9.95. The normalized spacial score (nSPS) is 12.1. The highest BCUT2D eigenvalue weighted by molar-refractivity contribution is 7.84. The average molecular weight is 309 g/mol. The molecule has 0 fully saturated rings. The minimum absolute atomic E-state index is 0.176. The lowest BCUT2D eigenvalue weighted by Gasteiger charge is -2.05. The minimum Gasteiger partial charge on any atom is -0.369 e. The van der Waals surface area contributed by atoms with E-state index >= 15 is 0 Å². The molecule has 2 N–H and O–H groups in total. The highest BCUT2D eigenvalue weighted by Crippen LogP contribution is 2.22. The molecular weight excluding hydrogens is 296 g/mol. The van der Waals surface area contributed by atoms with Gasteiger partial charge in [-0.2, -0.15) is 0 Å². The van der Waals surface area contributed by atoms with Crippen molar-refractivity contribution in [3.63, 3.8) is 0 Å². The van der Waals surface area contributed by atoms with Gasteiger partial charge in [0.1, 0.15) is 5.75 Å². The van der Waals surface area contributed by atoms with Crippen molar-refractivity contribution >= 4 is 16.7 Å². The Labute approximate surface area is 123 Å². The standard InChI is InChI=1S/C15H13F2NO2S/c16-13-6-5-12(7-14(13)17)11-3-1-10(2-4-11)8-21(20)9-15(18)19/h1-7H,8-9H2,(H2,18,19)/t21-/m1/s1. The Morgan fingerprint density at radius 1 is 1.00 bits per heavy atom. The smallest absolute Gasteiger partial charge is 0.230 e. The van der Waals surface area contributed by atoms with Crippen LogP contribution < -0.4 is 5.73 Å². The molecule has 6 heteroatoms. The summed E-state index contributed by atoms with van der Waals surface area (Å²) in [5.41, 5.74) is 7.03. The largest absolute Gasteiger partial charge is 0.369 e. The van der Waals surface area contributed by atoms with Gasteiger partial charge in [0.2, 0.25) is 5.91 Å². The van der Waals surface area contributed by atoms with Gasteiger partial charge in [-0.15, -0.1) is 0 Å². The van der Waals surface area contributed by atoms with E-state index in [1.54, 1.807) is 24.3 Å². The van der Waals surface area contributed by atoms with Crippen LogP contribution in [-0.4, -0.2) is 15.9 Å². The van der Waals surface area contributed by atoms with Gasteiger partial charge in [-0.3, -0.25) is 9.00 Å². The number of nitrogens with two attached hydrogens (primary N) is 1. The van der Waals surface area contributed by atoms with Crippen molar-refractivity contribution in [3.8, 4) is 11.1 Å². The van der Waals surface area contributed by atoms with Gasteiger partial charge in [-0.25, -0.2) is 8.78 Å². The molecule has 0 aromatic heterocycles. The molecule has 2 rings (SSSR count). The molecular formula is C15H13F2NO2S. The zero-order valence-electron chi connectivity index (χ0n) is 11.0. The van der Waals surface area contributed by atoms with E-state index in [9.17, 15) is 17.8 Å². The number of hydrogen-bond acceptors (Lipinski definition) is 2. The van der Waals surface area contributed by atoms with Crippen molar-refractivity contribution in [2.75, 3.05) is 5.75 Å². The molecule has 0 aliphatic rings. The first-order valence-corrected chi connectivity index (χ1v) is 7.62. The van der Waals surface area contributed by atoms with Crippen LogP contribution in [0.2, 0.25) is 0 Å². The van der Waals surface area contributed by atoms with Crippen LogP contribution in [0.4, 0.5) is 8.78 Å². The first-order valence-electron chi connectivity index (χ1n) is 6.13. The van der Waals surface area contributed by atoms with Gasteiger partial charge in [0.25, 0.3) is 0 Å². The van der Waals surface area contributed by atoms with Gasteiger partial charge in [-0.05, 0) is 28.8 Å². The molecule has 0 radical (unpaired) electrons. The summed E-state index contributed by atoms with van der Waals surface area (Å²) >= 11 is 0. The SMILES string of the molecule is NC(=O)C[S@](=O)Cc1ccc(-c2ccc(F)c(F)c2)cc1. The number of amides is 1. The summed E-state index contributed by atoms with van der Waals surface area (Å²) in [5, 5.41) is 0. The molecule has 0 heterocycles. The highest BCUT2D eigenvalue weighted by Gasteiger charge is 2.07. The molecule has 0 unspecified atom stereocenters. The second-order valence-corrected chi connectivity index (χ2v) is 5.98. The quantitative estimate of drug-likeness (QED) is 0.921. The zero-order chi connectivity index (χ0) is 15.4. The van der Waals surface area contributed by atoms with E-state index in [4.69, 9.17) is 5.73 Å². The van der Waals surface area contributed by atoms with Crippen molar-refractivity contribution in [1.82, 2.24) is 0 Å². The number of rotatable bonds is 5. The van der Waals surface area contributed by atoms with Gasteiger partial charge in [0.15, 0.2) is 11.6 Å². The number of carbonyl (C=O) groups is 1. The topological polar surface area (TPSA) is 60.2 Å². The van der Waals surface area contributed by atoms with Crippen molar-refractivity contribution in [2.45, 2.75) is 5.75 Å². The summed E-state index contributed by atoms with van der Waals surface area (Å²) in [4.78, 5) is 10.7. The van der Waals surface area contributed by atoms with Crippen molar-refractivity contribution in [2.24, 2.45) is 5.73 Å². The Balaban J connectivity index is 2.13. The fourth-order valence-corrected chi connectivity index (χ4v) is 2.85. The molecule has 0 aliphatic carbocycles. The Bertz CT molecular complexity index is 687. The molecule has 0 saturated heterocycles. The molecule has 2 aromatic rings. The van der Waals surface area contributed by atoms with Crippen molar-refractivity contribution < 1.29 is 17.8 Å². The van der Waals surface area contributed by atoms with Gasteiger partial charge >= 0.3 is 0 Å². The Morgan fingerprint density at radius 2 is 1.62 bits per heavy atom. The van der Waals surface area contributed by atoms with Crippen LogP contribution in [-0.2, 0) is 21.3 Å². The van der Waals surface area contributed by atoms with E-state index in [0.29, 0.717) is 5.56 Å². The number of benzene rings is 2. The third-order valence-corrected chi connectivity index (χ3v) is 4.10. The summed E-state index contributed by atoms with van der Waals surface area (Å²) in [6.45, 7) is 0. The Morgan fingerprint density at radius 3 is 2.19 bits per heavy atom. The maximum absolute atomic E-state index is 13.2. The molecule has 1 atom stereocenters. The Hall–Kier alpha value is -2.08. The predicted molar refractivity (Wildman–Crippen MR) is 77.7 cm³/mol. The fourth-order valence-electron chi connectivity index (χ4n) is 1.86. The average Bonchev–Trinajstić information content (AvgIpc) is 2.42. The summed E-state index contributed by atoms with van der Waals surface area (Å²) < 4.78 is 37.6. The van der Waals surface area contributed by atoms with E-state index in [0.717, 1.165) is 23.3 Å². The van der Waals surface area contributed by atoms with Crippen LogP contribution >= 0.6 is 0 Å². The van der Waals surface area contributed by atoms with Gasteiger partial charge in [0, 0.05) is 16.6 Å². The van der Waals surface area contributed by atoms with E-state index in [-0.39, 0.29) is 11.5 Å². The summed E-state index contributed by atoms with van der Waals surface area (Å²) in [5.74, 6) is -2.35. The summed E-state index contributed by atoms with van der Waals surface area (Å²) in [6.07, 6.45) is 0. The maximum atomic E-state index is 13.2.